The summed E-state index contributed by atoms with van der Waals surface area (Å²) in [7, 11) is 0. The van der Waals surface area contributed by atoms with Crippen LogP contribution in [0.4, 0.5) is 0 Å². The summed E-state index contributed by atoms with van der Waals surface area (Å²) in [6, 6.07) is 0. The van der Waals surface area contributed by atoms with Gasteiger partial charge in [-0.3, -0.25) is 0 Å². The smallest absolute Gasteiger partial charge is 0.232 e. The van der Waals surface area contributed by atoms with Crippen LogP contribution in [0.15, 0.2) is 5.10 Å². The van der Waals surface area contributed by atoms with Crippen molar-refractivity contribution in [2.75, 3.05) is 5.75 Å². The third-order valence-electron chi connectivity index (χ3n) is 0.472. The summed E-state index contributed by atoms with van der Waals surface area (Å²) in [5.74, 6) is 0.698. The van der Waals surface area contributed by atoms with E-state index in [1.54, 1.807) is 0 Å². The Hall–Kier alpha value is -0.780. The molecule has 0 rings (SSSR count). The number of hydrogen-bond donors (Lipinski definition) is 1. The topological polar surface area (TPSA) is 81.5 Å². The largest absolute Gasteiger partial charge is 0.373 e. The summed E-state index contributed by atoms with van der Waals surface area (Å²) in [6.45, 7) is 1.84. The first-order chi connectivity index (χ1) is 4.16. The fourth-order valence-electron chi connectivity index (χ4n) is 0.257. The highest BCUT2D eigenvalue weighted by atomic mass is 32.2. The molecule has 0 spiro atoms. The van der Waals surface area contributed by atoms with E-state index in [-0.39, 0.29) is 5.17 Å². The molecule has 0 fully saturated rings. The molecule has 0 aromatic heterocycles. The van der Waals surface area contributed by atoms with Crippen LogP contribution in [-0.2, 0) is 0 Å². The zero-order chi connectivity index (χ0) is 7.28. The van der Waals surface area contributed by atoms with Gasteiger partial charge in [0.05, 0.1) is 5.10 Å². The van der Waals surface area contributed by atoms with Gasteiger partial charge in [-0.25, -0.2) is 10.1 Å². The SMILES string of the molecule is CCS/C(N)=N/[N+](=O)[O-]. The molecule has 0 saturated heterocycles. The predicted octanol–water partition coefficient (Wildman–Crippen LogP) is 0.246. The third kappa shape index (κ3) is 5.09. The molecule has 0 bridgehead atoms. The van der Waals surface area contributed by atoms with Crippen LogP contribution in [0.3, 0.4) is 0 Å². The molecular formula is C3H7N3O2S. The molecule has 0 aliphatic heterocycles. The van der Waals surface area contributed by atoms with Crippen molar-refractivity contribution < 1.29 is 5.03 Å². The van der Waals surface area contributed by atoms with E-state index in [1.165, 1.54) is 0 Å². The lowest BCUT2D eigenvalue weighted by atomic mass is 11.0. The van der Waals surface area contributed by atoms with E-state index in [9.17, 15) is 10.1 Å². The number of thioether (sulfide) groups is 1. The molecule has 52 valence electrons. The van der Waals surface area contributed by atoms with Gasteiger partial charge in [-0.1, -0.05) is 18.7 Å². The number of hydrogen-bond acceptors (Lipinski definition) is 3. The van der Waals surface area contributed by atoms with Crippen LogP contribution in [0.25, 0.3) is 0 Å². The van der Waals surface area contributed by atoms with Crippen molar-refractivity contribution in [1.29, 1.82) is 0 Å². The lowest BCUT2D eigenvalue weighted by Crippen LogP contribution is -2.09. The number of hydrazone groups is 1. The van der Waals surface area contributed by atoms with E-state index in [2.05, 4.69) is 5.10 Å². The Bertz CT molecular complexity index is 135. The van der Waals surface area contributed by atoms with Crippen LogP contribution in [0, 0.1) is 10.1 Å². The number of nitrogens with zero attached hydrogens (tertiary/aromatic N) is 2. The number of nitro groups is 1. The Labute approximate surface area is 56.5 Å². The monoisotopic (exact) mass is 149 g/mol. The molecule has 9 heavy (non-hydrogen) atoms. The van der Waals surface area contributed by atoms with Gasteiger partial charge in [0.25, 0.3) is 0 Å². The van der Waals surface area contributed by atoms with Crippen molar-refractivity contribution in [2.45, 2.75) is 6.92 Å². The van der Waals surface area contributed by atoms with Crippen molar-refractivity contribution in [1.82, 2.24) is 0 Å². The second-order valence-electron chi connectivity index (χ2n) is 1.11. The summed E-state index contributed by atoms with van der Waals surface area (Å²) in [5, 5.41) is 11.7. The lowest BCUT2D eigenvalue weighted by molar-refractivity contribution is -0.484. The van der Waals surface area contributed by atoms with Gasteiger partial charge in [-0.05, 0) is 5.75 Å². The van der Waals surface area contributed by atoms with Crippen LogP contribution in [-0.4, -0.2) is 16.0 Å². The molecular weight excluding hydrogens is 142 g/mol. The van der Waals surface area contributed by atoms with Crippen LogP contribution >= 0.6 is 11.8 Å². The highest BCUT2D eigenvalue weighted by Crippen LogP contribution is 1.96. The van der Waals surface area contributed by atoms with Crippen LogP contribution in [0.5, 0.6) is 0 Å². The molecule has 6 heteroatoms. The van der Waals surface area contributed by atoms with Gasteiger partial charge in [0.15, 0.2) is 5.03 Å². The van der Waals surface area contributed by atoms with Crippen LogP contribution in [0.2, 0.25) is 0 Å². The number of rotatable bonds is 2. The van der Waals surface area contributed by atoms with E-state index in [4.69, 9.17) is 5.73 Å². The molecule has 0 heterocycles. The first-order valence-corrected chi connectivity index (χ1v) is 3.26. The minimum atomic E-state index is -0.808. The highest BCUT2D eigenvalue weighted by Gasteiger charge is 1.95. The standard InChI is InChI=1S/C3H7N3O2S/c1-2-9-3(4)5-6(7)8/h2H2,1H3,(H2,4,5). The molecule has 5 nitrogen and oxygen atoms in total. The van der Waals surface area contributed by atoms with Crippen molar-refractivity contribution in [2.24, 2.45) is 10.8 Å². The minimum Gasteiger partial charge on any atom is -0.373 e. The quantitative estimate of drug-likeness (QED) is 0.264. The molecule has 0 amide bonds. The number of amidine groups is 1. The first kappa shape index (κ1) is 8.22. The van der Waals surface area contributed by atoms with Gasteiger partial charge in [0, 0.05) is 0 Å². The lowest BCUT2D eigenvalue weighted by Gasteiger charge is -1.87. The maximum atomic E-state index is 9.61. The van der Waals surface area contributed by atoms with Crippen molar-refractivity contribution in [3.63, 3.8) is 0 Å². The van der Waals surface area contributed by atoms with E-state index in [1.807, 2.05) is 6.92 Å². The summed E-state index contributed by atoms with van der Waals surface area (Å²) in [5.41, 5.74) is 5.06. The summed E-state index contributed by atoms with van der Waals surface area (Å²) in [4.78, 5) is 9.61. The second-order valence-corrected chi connectivity index (χ2v) is 2.39. The molecule has 2 N–H and O–H groups in total. The zero-order valence-corrected chi connectivity index (χ0v) is 5.72. The zero-order valence-electron chi connectivity index (χ0n) is 4.90. The van der Waals surface area contributed by atoms with Gasteiger partial charge in [0.1, 0.15) is 0 Å². The molecule has 0 saturated carbocycles. The molecule has 0 aliphatic rings. The van der Waals surface area contributed by atoms with Crippen LogP contribution < -0.4 is 5.73 Å². The molecule has 0 aromatic carbocycles. The van der Waals surface area contributed by atoms with Gasteiger partial charge in [-0.2, -0.15) is 0 Å². The van der Waals surface area contributed by atoms with E-state index in [0.29, 0.717) is 5.75 Å². The van der Waals surface area contributed by atoms with Gasteiger partial charge < -0.3 is 5.73 Å². The van der Waals surface area contributed by atoms with Crippen molar-refractivity contribution >= 4 is 16.9 Å². The maximum absolute atomic E-state index is 9.61. The summed E-state index contributed by atoms with van der Waals surface area (Å²) < 4.78 is 0. The van der Waals surface area contributed by atoms with Crippen molar-refractivity contribution in [3.8, 4) is 0 Å². The summed E-state index contributed by atoms with van der Waals surface area (Å²) >= 11 is 1.15. The molecule has 0 radical (unpaired) electrons. The Kier molecular flexibility index (Phi) is 3.78. The Morgan fingerprint density at radius 2 is 2.56 bits per heavy atom. The van der Waals surface area contributed by atoms with Gasteiger partial charge >= 0.3 is 0 Å². The highest BCUT2D eigenvalue weighted by molar-refractivity contribution is 8.13. The summed E-state index contributed by atoms with van der Waals surface area (Å²) in [6.07, 6.45) is 0. The fourth-order valence-corrected chi connectivity index (χ4v) is 0.677. The molecule has 0 aromatic rings. The second kappa shape index (κ2) is 4.13. The number of nitrogens with two attached hydrogens (primary N) is 1. The first-order valence-electron chi connectivity index (χ1n) is 2.28. The van der Waals surface area contributed by atoms with Gasteiger partial charge in [-0.15, -0.1) is 0 Å². The molecule has 0 atom stereocenters. The van der Waals surface area contributed by atoms with Gasteiger partial charge in [0.2, 0.25) is 5.17 Å². The van der Waals surface area contributed by atoms with E-state index < -0.39 is 5.03 Å². The molecule has 0 aliphatic carbocycles. The van der Waals surface area contributed by atoms with Crippen LogP contribution in [0.1, 0.15) is 6.92 Å². The normalized spacial score (nSPS) is 11.4. The third-order valence-corrected chi connectivity index (χ3v) is 1.14. The van der Waals surface area contributed by atoms with E-state index in [0.717, 1.165) is 11.8 Å². The minimum absolute atomic E-state index is 0.00231. The Morgan fingerprint density at radius 1 is 2.00 bits per heavy atom. The average Bonchev–Trinajstić information content (AvgIpc) is 1.63. The maximum Gasteiger partial charge on any atom is 0.232 e. The average molecular weight is 149 g/mol. The Morgan fingerprint density at radius 3 is 2.89 bits per heavy atom. The van der Waals surface area contributed by atoms with Crippen molar-refractivity contribution in [3.05, 3.63) is 10.1 Å². The Balaban J connectivity index is 3.69. The van der Waals surface area contributed by atoms with E-state index >= 15 is 0 Å². The molecule has 0 unspecified atom stereocenters. The predicted molar refractivity (Wildman–Crippen MR) is 36.7 cm³/mol. The fraction of sp³-hybridized carbons (Fsp3) is 0.667.